The largest absolute Gasteiger partial charge is 0.458 e. The lowest BCUT2D eigenvalue weighted by molar-refractivity contribution is 0.0779. The molecule has 20 heavy (non-hydrogen) atoms. The van der Waals surface area contributed by atoms with Crippen LogP contribution in [0, 0.1) is 13.8 Å². The van der Waals surface area contributed by atoms with Crippen molar-refractivity contribution < 1.29 is 9.52 Å². The number of hydrogen-bond acceptors (Lipinski definition) is 2. The molecule has 0 aliphatic rings. The van der Waals surface area contributed by atoms with Gasteiger partial charge in [-0.05, 0) is 44.0 Å². The Morgan fingerprint density at radius 2 is 1.75 bits per heavy atom. The first-order valence-electron chi connectivity index (χ1n) is 6.77. The molecule has 0 aliphatic carbocycles. The van der Waals surface area contributed by atoms with Crippen LogP contribution in [0.1, 0.15) is 29.4 Å². The van der Waals surface area contributed by atoms with Gasteiger partial charge in [0.2, 0.25) is 0 Å². The summed E-state index contributed by atoms with van der Waals surface area (Å²) in [6, 6.07) is 15.8. The number of benzene rings is 2. The molecular weight excluding hydrogens is 248 g/mol. The van der Waals surface area contributed by atoms with E-state index >= 15 is 0 Å². The topological polar surface area (TPSA) is 33.4 Å². The number of rotatable bonds is 2. The van der Waals surface area contributed by atoms with E-state index in [4.69, 9.17) is 4.42 Å². The van der Waals surface area contributed by atoms with Crippen LogP contribution < -0.4 is 0 Å². The maximum Gasteiger partial charge on any atom is 0.144 e. The SMILES string of the molecule is Cc1ccc(C)c(C(C)(O)c2cc3ccccc3o2)c1. The zero-order chi connectivity index (χ0) is 14.3. The lowest BCUT2D eigenvalue weighted by atomic mass is 9.88. The minimum Gasteiger partial charge on any atom is -0.458 e. The Hall–Kier alpha value is -2.06. The summed E-state index contributed by atoms with van der Waals surface area (Å²) in [7, 11) is 0. The minimum atomic E-state index is -1.13. The predicted octanol–water partition coefficient (Wildman–Crippen LogP) is 4.31. The third-order valence-corrected chi connectivity index (χ3v) is 3.82. The highest BCUT2D eigenvalue weighted by Gasteiger charge is 2.31. The first-order chi connectivity index (χ1) is 9.48. The second-order valence-corrected chi connectivity index (χ2v) is 5.54. The van der Waals surface area contributed by atoms with Crippen molar-refractivity contribution in [1.29, 1.82) is 0 Å². The highest BCUT2D eigenvalue weighted by molar-refractivity contribution is 5.78. The molecule has 2 heteroatoms. The van der Waals surface area contributed by atoms with Gasteiger partial charge in [-0.2, -0.15) is 0 Å². The number of hydrogen-bond donors (Lipinski definition) is 1. The van der Waals surface area contributed by atoms with Gasteiger partial charge in [0, 0.05) is 5.39 Å². The van der Waals surface area contributed by atoms with E-state index in [0.717, 1.165) is 27.7 Å². The molecule has 1 heterocycles. The Bertz CT molecular complexity index is 733. The highest BCUT2D eigenvalue weighted by Crippen LogP contribution is 2.35. The standard InChI is InChI=1S/C18H18O2/c1-12-8-9-13(2)15(10-12)18(3,19)17-11-14-6-4-5-7-16(14)20-17/h4-11,19H,1-3H3. The number of fused-ring (bicyclic) bond motifs is 1. The van der Waals surface area contributed by atoms with Crippen molar-refractivity contribution in [3.8, 4) is 0 Å². The average Bonchev–Trinajstić information content (AvgIpc) is 2.86. The number of para-hydroxylation sites is 1. The molecule has 3 rings (SSSR count). The highest BCUT2D eigenvalue weighted by atomic mass is 16.4. The van der Waals surface area contributed by atoms with Crippen molar-refractivity contribution in [2.75, 3.05) is 0 Å². The van der Waals surface area contributed by atoms with E-state index in [1.807, 2.05) is 62.4 Å². The molecule has 1 unspecified atom stereocenters. The van der Waals surface area contributed by atoms with Gasteiger partial charge in [0.15, 0.2) is 0 Å². The maximum atomic E-state index is 11.0. The first kappa shape index (κ1) is 12.9. The van der Waals surface area contributed by atoms with E-state index in [2.05, 4.69) is 0 Å². The second kappa shape index (κ2) is 4.50. The minimum absolute atomic E-state index is 0.576. The molecule has 0 radical (unpaired) electrons. The van der Waals surface area contributed by atoms with Crippen LogP contribution in [0.4, 0.5) is 0 Å². The Morgan fingerprint density at radius 3 is 2.50 bits per heavy atom. The summed E-state index contributed by atoms with van der Waals surface area (Å²) in [5.41, 5.74) is 2.74. The lowest BCUT2D eigenvalue weighted by Crippen LogP contribution is -2.23. The van der Waals surface area contributed by atoms with Crippen LogP contribution in [-0.2, 0) is 5.60 Å². The summed E-state index contributed by atoms with van der Waals surface area (Å²) in [4.78, 5) is 0. The Labute approximate surface area is 118 Å². The zero-order valence-electron chi connectivity index (χ0n) is 12.0. The molecule has 0 aliphatic heterocycles. The molecule has 0 spiro atoms. The van der Waals surface area contributed by atoms with Crippen LogP contribution in [0.25, 0.3) is 11.0 Å². The van der Waals surface area contributed by atoms with Crippen molar-refractivity contribution >= 4 is 11.0 Å². The van der Waals surface area contributed by atoms with Gasteiger partial charge in [-0.15, -0.1) is 0 Å². The summed E-state index contributed by atoms with van der Waals surface area (Å²) in [5, 5.41) is 12.0. The van der Waals surface area contributed by atoms with Gasteiger partial charge >= 0.3 is 0 Å². The summed E-state index contributed by atoms with van der Waals surface area (Å²) in [6.07, 6.45) is 0. The monoisotopic (exact) mass is 266 g/mol. The van der Waals surface area contributed by atoms with E-state index in [0.29, 0.717) is 5.76 Å². The molecule has 102 valence electrons. The lowest BCUT2D eigenvalue weighted by Gasteiger charge is -2.23. The van der Waals surface area contributed by atoms with E-state index < -0.39 is 5.60 Å². The fourth-order valence-corrected chi connectivity index (χ4v) is 2.61. The van der Waals surface area contributed by atoms with Gasteiger partial charge < -0.3 is 9.52 Å². The normalized spacial score (nSPS) is 14.4. The summed E-state index contributed by atoms with van der Waals surface area (Å²) >= 11 is 0. The van der Waals surface area contributed by atoms with Crippen molar-refractivity contribution in [2.24, 2.45) is 0 Å². The van der Waals surface area contributed by atoms with E-state index in [9.17, 15) is 5.11 Å². The summed E-state index contributed by atoms with van der Waals surface area (Å²) < 4.78 is 5.83. The van der Waals surface area contributed by atoms with Crippen molar-refractivity contribution in [2.45, 2.75) is 26.4 Å². The van der Waals surface area contributed by atoms with Crippen molar-refractivity contribution in [3.63, 3.8) is 0 Å². The molecule has 1 N–H and O–H groups in total. The van der Waals surface area contributed by atoms with Crippen molar-refractivity contribution in [3.05, 3.63) is 71.0 Å². The van der Waals surface area contributed by atoms with E-state index in [1.165, 1.54) is 0 Å². The predicted molar refractivity (Wildman–Crippen MR) is 80.8 cm³/mol. The molecule has 0 bridgehead atoms. The summed E-state index contributed by atoms with van der Waals surface area (Å²) in [6.45, 7) is 5.82. The fourth-order valence-electron chi connectivity index (χ4n) is 2.61. The third-order valence-electron chi connectivity index (χ3n) is 3.82. The molecule has 0 amide bonds. The van der Waals surface area contributed by atoms with Gasteiger partial charge in [0.25, 0.3) is 0 Å². The fraction of sp³-hybridized carbons (Fsp3) is 0.222. The summed E-state index contributed by atoms with van der Waals surface area (Å²) in [5.74, 6) is 0.576. The van der Waals surface area contributed by atoms with E-state index in [-0.39, 0.29) is 0 Å². The zero-order valence-corrected chi connectivity index (χ0v) is 12.0. The number of aliphatic hydroxyl groups is 1. The van der Waals surface area contributed by atoms with E-state index in [1.54, 1.807) is 6.92 Å². The molecular formula is C18H18O2. The van der Waals surface area contributed by atoms with Crippen LogP contribution >= 0.6 is 0 Å². The second-order valence-electron chi connectivity index (χ2n) is 5.54. The van der Waals surface area contributed by atoms with Crippen LogP contribution in [-0.4, -0.2) is 5.11 Å². The average molecular weight is 266 g/mol. The number of furan rings is 1. The molecule has 1 atom stereocenters. The molecule has 2 nitrogen and oxygen atoms in total. The van der Waals surface area contributed by atoms with Crippen LogP contribution in [0.2, 0.25) is 0 Å². The van der Waals surface area contributed by atoms with Gasteiger partial charge in [0.05, 0.1) is 0 Å². The molecule has 3 aromatic rings. The quantitative estimate of drug-likeness (QED) is 0.750. The third kappa shape index (κ3) is 2.02. The molecule has 2 aromatic carbocycles. The van der Waals surface area contributed by atoms with Crippen molar-refractivity contribution in [1.82, 2.24) is 0 Å². The van der Waals surface area contributed by atoms with Crippen LogP contribution in [0.15, 0.2) is 52.9 Å². The van der Waals surface area contributed by atoms with Gasteiger partial charge in [0.1, 0.15) is 16.9 Å². The maximum absolute atomic E-state index is 11.0. The number of aryl methyl sites for hydroxylation is 2. The molecule has 1 aromatic heterocycles. The Morgan fingerprint density at radius 1 is 1.00 bits per heavy atom. The van der Waals surface area contributed by atoms with Gasteiger partial charge in [-0.3, -0.25) is 0 Å². The van der Waals surface area contributed by atoms with Crippen LogP contribution in [0.5, 0.6) is 0 Å². The molecule has 0 saturated heterocycles. The molecule has 0 saturated carbocycles. The first-order valence-corrected chi connectivity index (χ1v) is 6.77. The van der Waals surface area contributed by atoms with Gasteiger partial charge in [-0.25, -0.2) is 0 Å². The van der Waals surface area contributed by atoms with Gasteiger partial charge in [-0.1, -0.05) is 42.0 Å². The Balaban J connectivity index is 2.17. The smallest absolute Gasteiger partial charge is 0.144 e. The molecule has 0 fully saturated rings. The Kier molecular flexibility index (Phi) is 2.91. The van der Waals surface area contributed by atoms with Crippen LogP contribution in [0.3, 0.4) is 0 Å².